The van der Waals surface area contributed by atoms with Crippen LogP contribution < -0.4 is 5.32 Å². The van der Waals surface area contributed by atoms with Crippen molar-refractivity contribution in [2.75, 3.05) is 13.7 Å². The number of alkyl halides is 4. The summed E-state index contributed by atoms with van der Waals surface area (Å²) in [6.45, 7) is 0.288. The maximum absolute atomic E-state index is 13.6. The Kier molecular flexibility index (Phi) is 8.24. The highest BCUT2D eigenvalue weighted by Gasteiger charge is 2.30. The molecule has 2 aromatic heterocycles. The molecule has 6 nitrogen and oxygen atoms in total. The molecule has 0 saturated heterocycles. The van der Waals surface area contributed by atoms with E-state index in [0.29, 0.717) is 11.1 Å². The molecule has 1 N–H and O–H groups in total. The first-order valence-electron chi connectivity index (χ1n) is 12.5. The molecule has 0 aliphatic carbocycles. The maximum Gasteiger partial charge on any atom is 0.389 e. The number of furan rings is 1. The largest absolute Gasteiger partial charge is 0.437 e. The summed E-state index contributed by atoms with van der Waals surface area (Å²) in [5, 5.41) is 12.0. The number of benzene rings is 2. The van der Waals surface area contributed by atoms with Crippen molar-refractivity contribution in [2.45, 2.75) is 32.4 Å². The Labute approximate surface area is 231 Å². The minimum atomic E-state index is -4.49. The summed E-state index contributed by atoms with van der Waals surface area (Å²) in [4.78, 5) is 30.2. The highest BCUT2D eigenvalue weighted by atomic mass is 19.4. The molecule has 212 valence electrons. The van der Waals surface area contributed by atoms with E-state index in [1.165, 1.54) is 62.5 Å². The lowest BCUT2D eigenvalue weighted by Gasteiger charge is -2.16. The molecule has 11 heteroatoms. The van der Waals surface area contributed by atoms with Gasteiger partial charge in [-0.05, 0) is 55.3 Å². The number of halogens is 5. The number of Topliss-reactive ketones (excluding diaryl/α,β-unsaturated/α-hetero) is 1. The summed E-state index contributed by atoms with van der Waals surface area (Å²) >= 11 is 0. The van der Waals surface area contributed by atoms with Crippen molar-refractivity contribution in [2.24, 2.45) is 5.41 Å². The van der Waals surface area contributed by atoms with E-state index < -0.39 is 55.0 Å². The van der Waals surface area contributed by atoms with Gasteiger partial charge in [-0.1, -0.05) is 18.2 Å². The van der Waals surface area contributed by atoms with Crippen LogP contribution in [-0.2, 0) is 6.42 Å². The summed E-state index contributed by atoms with van der Waals surface area (Å²) in [5.41, 5.74) is -0.536. The number of carbonyl (C=O) groups excluding carboxylic acids is 2. The van der Waals surface area contributed by atoms with E-state index in [4.69, 9.17) is 4.42 Å². The average Bonchev–Trinajstić information content (AvgIpc) is 3.33. The highest BCUT2D eigenvalue weighted by Crippen LogP contribution is 2.38. The van der Waals surface area contributed by atoms with Crippen LogP contribution in [0.15, 0.2) is 59.0 Å². The van der Waals surface area contributed by atoms with E-state index in [2.05, 4.69) is 10.3 Å². The molecule has 1 unspecified atom stereocenters. The molecule has 4 aromatic rings. The third-order valence-electron chi connectivity index (χ3n) is 6.58. The van der Waals surface area contributed by atoms with E-state index >= 15 is 0 Å². The molecule has 4 rings (SSSR count). The summed E-state index contributed by atoms with van der Waals surface area (Å²) in [7, 11) is 1.39. The van der Waals surface area contributed by atoms with Crippen molar-refractivity contribution in [3.63, 3.8) is 0 Å². The minimum Gasteiger partial charge on any atom is -0.437 e. The zero-order chi connectivity index (χ0) is 29.9. The first-order chi connectivity index (χ1) is 19.4. The van der Waals surface area contributed by atoms with Gasteiger partial charge in [-0.25, -0.2) is 13.8 Å². The molecule has 2 heterocycles. The van der Waals surface area contributed by atoms with Gasteiger partial charge in [0.1, 0.15) is 18.3 Å². The van der Waals surface area contributed by atoms with Gasteiger partial charge in [-0.3, -0.25) is 9.59 Å². The fourth-order valence-corrected chi connectivity index (χ4v) is 4.35. The van der Waals surface area contributed by atoms with Crippen molar-refractivity contribution in [1.82, 2.24) is 10.3 Å². The summed E-state index contributed by atoms with van der Waals surface area (Å²) in [5.74, 6) is -1.55. The number of nitrogens with zero attached hydrogens (tertiary/aromatic N) is 2. The number of carbonyl (C=O) groups is 2. The highest BCUT2D eigenvalue weighted by molar-refractivity contribution is 6.11. The summed E-state index contributed by atoms with van der Waals surface area (Å²) < 4.78 is 72.5. The average molecular weight is 570 g/mol. The second-order valence-electron chi connectivity index (χ2n) is 9.83. The van der Waals surface area contributed by atoms with Gasteiger partial charge >= 0.3 is 6.18 Å². The number of hydrogen-bond acceptors (Lipinski definition) is 5. The predicted octanol–water partition coefficient (Wildman–Crippen LogP) is 7.23. The number of nitrogens with one attached hydrogen (secondary N) is 1. The Hall–Kier alpha value is -4.59. The van der Waals surface area contributed by atoms with Crippen LogP contribution in [0.25, 0.3) is 33.6 Å². The van der Waals surface area contributed by atoms with E-state index in [1.807, 2.05) is 0 Å². The standard InChI is InChI=1S/C30H24F5N3O3/c1-29(15-31,16-36)14-24(39)19-5-3-4-18(12-19)21-13-22-25(27(40)37-2)26(17-6-8-20(32)9-7-17)41-28(22)38-23(21)10-11-30(33,34)35/h3-9,12-13H,10-11,14-15H2,1-2H3,(H,37,40). The number of nitriles is 1. The van der Waals surface area contributed by atoms with Crippen molar-refractivity contribution in [1.29, 1.82) is 5.26 Å². The Morgan fingerprint density at radius 1 is 1.07 bits per heavy atom. The van der Waals surface area contributed by atoms with Crippen LogP contribution in [0.4, 0.5) is 22.0 Å². The molecule has 1 amide bonds. The quantitative estimate of drug-likeness (QED) is 0.170. The van der Waals surface area contributed by atoms with Gasteiger partial charge in [0, 0.05) is 36.6 Å². The number of aryl methyl sites for hydroxylation is 1. The van der Waals surface area contributed by atoms with Gasteiger partial charge in [0.05, 0.1) is 28.1 Å². The van der Waals surface area contributed by atoms with Crippen LogP contribution in [0.5, 0.6) is 0 Å². The lowest BCUT2D eigenvalue weighted by atomic mass is 9.85. The normalized spacial score (nSPS) is 13.0. The molecular formula is C30H24F5N3O3. The third-order valence-corrected chi connectivity index (χ3v) is 6.58. The van der Waals surface area contributed by atoms with Gasteiger partial charge < -0.3 is 9.73 Å². The van der Waals surface area contributed by atoms with E-state index in [1.54, 1.807) is 12.1 Å². The van der Waals surface area contributed by atoms with Crippen LogP contribution in [-0.4, -0.2) is 36.6 Å². The second-order valence-corrected chi connectivity index (χ2v) is 9.83. The molecule has 0 bridgehead atoms. The lowest BCUT2D eigenvalue weighted by molar-refractivity contribution is -0.134. The lowest BCUT2D eigenvalue weighted by Crippen LogP contribution is -2.21. The molecule has 41 heavy (non-hydrogen) atoms. The van der Waals surface area contributed by atoms with Crippen molar-refractivity contribution in [3.8, 4) is 28.5 Å². The van der Waals surface area contributed by atoms with Crippen LogP contribution in [0.2, 0.25) is 0 Å². The molecule has 2 aromatic carbocycles. The number of ketones is 1. The van der Waals surface area contributed by atoms with Crippen LogP contribution in [0.1, 0.15) is 46.2 Å². The van der Waals surface area contributed by atoms with Crippen molar-refractivity contribution in [3.05, 3.63) is 77.2 Å². The Balaban J connectivity index is 1.91. The zero-order valence-electron chi connectivity index (χ0n) is 22.0. The van der Waals surface area contributed by atoms with E-state index in [0.717, 1.165) is 0 Å². The topological polar surface area (TPSA) is 96.0 Å². The van der Waals surface area contributed by atoms with Crippen molar-refractivity contribution >= 4 is 22.8 Å². The third kappa shape index (κ3) is 6.43. The van der Waals surface area contributed by atoms with E-state index in [-0.39, 0.29) is 39.2 Å². The van der Waals surface area contributed by atoms with Crippen LogP contribution >= 0.6 is 0 Å². The van der Waals surface area contributed by atoms with Crippen LogP contribution in [0, 0.1) is 22.6 Å². The number of pyridine rings is 1. The predicted molar refractivity (Wildman–Crippen MR) is 141 cm³/mol. The Morgan fingerprint density at radius 3 is 2.39 bits per heavy atom. The smallest absolute Gasteiger partial charge is 0.389 e. The van der Waals surface area contributed by atoms with Gasteiger partial charge in [0.15, 0.2) is 5.78 Å². The van der Waals surface area contributed by atoms with Gasteiger partial charge in [0.2, 0.25) is 5.71 Å². The molecule has 0 aliphatic rings. The number of hydrogen-bond donors (Lipinski definition) is 1. The molecule has 0 radical (unpaired) electrons. The number of aromatic nitrogens is 1. The molecule has 0 spiro atoms. The Bertz CT molecular complexity index is 1660. The van der Waals surface area contributed by atoms with E-state index in [9.17, 15) is 36.8 Å². The maximum atomic E-state index is 13.6. The fourth-order valence-electron chi connectivity index (χ4n) is 4.35. The molecule has 1 atom stereocenters. The SMILES string of the molecule is CNC(=O)c1c(-c2ccc(F)cc2)oc2nc(CCC(F)(F)F)c(-c3cccc(C(=O)CC(C)(C#N)CF)c3)cc12. The monoisotopic (exact) mass is 569 g/mol. The summed E-state index contributed by atoms with van der Waals surface area (Å²) in [6.07, 6.45) is -6.61. The molecule has 0 fully saturated rings. The second kappa shape index (κ2) is 11.5. The zero-order valence-corrected chi connectivity index (χ0v) is 22.0. The Morgan fingerprint density at radius 2 is 1.78 bits per heavy atom. The molecular weight excluding hydrogens is 545 g/mol. The van der Waals surface area contributed by atoms with Gasteiger partial charge in [-0.15, -0.1) is 0 Å². The van der Waals surface area contributed by atoms with Gasteiger partial charge in [0.25, 0.3) is 5.91 Å². The minimum absolute atomic E-state index is 0.00732. The van der Waals surface area contributed by atoms with Crippen molar-refractivity contribution < 1.29 is 36.0 Å². The number of fused-ring (bicyclic) bond motifs is 1. The number of rotatable bonds is 9. The number of amides is 1. The first-order valence-corrected chi connectivity index (χ1v) is 12.5. The van der Waals surface area contributed by atoms with Crippen LogP contribution in [0.3, 0.4) is 0 Å². The first kappa shape index (κ1) is 29.4. The fraction of sp³-hybridized carbons (Fsp3) is 0.267. The molecule has 0 aliphatic heterocycles. The summed E-state index contributed by atoms with van der Waals surface area (Å²) in [6, 6.07) is 14.4. The molecule has 0 saturated carbocycles. The van der Waals surface area contributed by atoms with Gasteiger partial charge in [-0.2, -0.15) is 18.4 Å².